The lowest BCUT2D eigenvalue weighted by Gasteiger charge is -2.46. The molecule has 27 heavy (non-hydrogen) atoms. The van der Waals surface area contributed by atoms with Gasteiger partial charge in [0.2, 0.25) is 5.91 Å². The number of carbonyl (C=O) groups excluding carboxylic acids is 1. The van der Waals surface area contributed by atoms with Crippen LogP contribution in [-0.4, -0.2) is 11.9 Å². The average molecular weight is 363 g/mol. The first-order valence-corrected chi connectivity index (χ1v) is 9.35. The Bertz CT molecular complexity index is 914. The summed E-state index contributed by atoms with van der Waals surface area (Å²) in [7, 11) is 0. The molecule has 3 atom stereocenters. The summed E-state index contributed by atoms with van der Waals surface area (Å²) in [4.78, 5) is 14.3. The van der Waals surface area contributed by atoms with E-state index < -0.39 is 0 Å². The Morgan fingerprint density at radius 2 is 1.93 bits per heavy atom. The molecular formula is C22H22FN3O. The number of amides is 1. The highest BCUT2D eigenvalue weighted by Gasteiger charge is 2.47. The normalized spacial score (nSPS) is 24.1. The van der Waals surface area contributed by atoms with E-state index in [0.717, 1.165) is 29.8 Å². The Kier molecular flexibility index (Phi) is 4.35. The van der Waals surface area contributed by atoms with Gasteiger partial charge in [-0.2, -0.15) is 5.26 Å². The first-order chi connectivity index (χ1) is 13.0. The zero-order valence-corrected chi connectivity index (χ0v) is 15.4. The van der Waals surface area contributed by atoms with Crippen LogP contribution >= 0.6 is 0 Å². The molecule has 0 radical (unpaired) electrons. The second-order valence-corrected chi connectivity index (χ2v) is 7.59. The average Bonchev–Trinajstić information content (AvgIpc) is 3.48. The number of nitrogens with one attached hydrogen (secondary N) is 1. The highest BCUT2D eigenvalue weighted by Crippen LogP contribution is 2.50. The van der Waals surface area contributed by atoms with Gasteiger partial charge in [-0.3, -0.25) is 4.79 Å². The van der Waals surface area contributed by atoms with Crippen molar-refractivity contribution in [3.8, 4) is 6.07 Å². The van der Waals surface area contributed by atoms with Crippen molar-refractivity contribution in [3.63, 3.8) is 0 Å². The zero-order valence-electron chi connectivity index (χ0n) is 15.4. The highest BCUT2D eigenvalue weighted by atomic mass is 19.1. The number of hydrogen-bond donors (Lipinski definition) is 1. The van der Waals surface area contributed by atoms with Crippen molar-refractivity contribution in [2.45, 2.75) is 38.8 Å². The molecule has 1 saturated carbocycles. The van der Waals surface area contributed by atoms with Crippen LogP contribution in [-0.2, 0) is 4.79 Å². The molecule has 2 aromatic rings. The standard InChI is InChI=1S/C22H22FN3O/c1-13-21(25-18-8-3-15(12-24)4-9-18)19-11-17(23)7-10-20(19)26(14(2)27)22(13)16-5-6-16/h3-4,7-11,13,16,21-22,25H,5-6H2,1-2H3/t13-,21-,22+/m1/s1. The van der Waals surface area contributed by atoms with Crippen LogP contribution in [0.1, 0.15) is 43.9 Å². The molecule has 1 aliphatic heterocycles. The number of rotatable bonds is 3. The highest BCUT2D eigenvalue weighted by molar-refractivity contribution is 5.94. The predicted molar refractivity (Wildman–Crippen MR) is 103 cm³/mol. The Labute approximate surface area is 158 Å². The molecule has 2 aromatic carbocycles. The second-order valence-electron chi connectivity index (χ2n) is 7.59. The molecule has 2 aliphatic rings. The van der Waals surface area contributed by atoms with Crippen LogP contribution in [0.3, 0.4) is 0 Å². The first-order valence-electron chi connectivity index (χ1n) is 9.35. The van der Waals surface area contributed by atoms with Gasteiger partial charge in [0.25, 0.3) is 0 Å². The van der Waals surface area contributed by atoms with Crippen molar-refractivity contribution in [2.24, 2.45) is 11.8 Å². The van der Waals surface area contributed by atoms with Crippen LogP contribution in [0.4, 0.5) is 15.8 Å². The van der Waals surface area contributed by atoms with Crippen molar-refractivity contribution in [3.05, 3.63) is 59.4 Å². The fourth-order valence-corrected chi connectivity index (χ4v) is 4.36. The molecule has 5 heteroatoms. The smallest absolute Gasteiger partial charge is 0.224 e. The van der Waals surface area contributed by atoms with Gasteiger partial charge >= 0.3 is 0 Å². The lowest BCUT2D eigenvalue weighted by molar-refractivity contribution is -0.117. The third-order valence-corrected chi connectivity index (χ3v) is 5.73. The van der Waals surface area contributed by atoms with Gasteiger partial charge in [-0.15, -0.1) is 0 Å². The number of hydrogen-bond acceptors (Lipinski definition) is 3. The summed E-state index contributed by atoms with van der Waals surface area (Å²) in [6, 6.07) is 14.1. The van der Waals surface area contributed by atoms with Gasteiger partial charge in [0.05, 0.1) is 17.7 Å². The van der Waals surface area contributed by atoms with E-state index in [0.29, 0.717) is 11.5 Å². The van der Waals surface area contributed by atoms with E-state index in [1.54, 1.807) is 25.1 Å². The zero-order chi connectivity index (χ0) is 19.1. The summed E-state index contributed by atoms with van der Waals surface area (Å²) in [6.07, 6.45) is 2.25. The van der Waals surface area contributed by atoms with Gasteiger partial charge < -0.3 is 10.2 Å². The van der Waals surface area contributed by atoms with Gasteiger partial charge in [0.15, 0.2) is 0 Å². The van der Waals surface area contributed by atoms with E-state index in [9.17, 15) is 9.18 Å². The maximum absolute atomic E-state index is 14.1. The number of carbonyl (C=O) groups is 1. The quantitative estimate of drug-likeness (QED) is 0.865. The van der Waals surface area contributed by atoms with Gasteiger partial charge in [-0.05, 0) is 61.2 Å². The Morgan fingerprint density at radius 1 is 1.22 bits per heavy atom. The summed E-state index contributed by atoms with van der Waals surface area (Å²) < 4.78 is 14.1. The number of fused-ring (bicyclic) bond motifs is 1. The molecule has 1 heterocycles. The number of nitriles is 1. The van der Waals surface area contributed by atoms with Gasteiger partial charge in [0.1, 0.15) is 5.82 Å². The maximum Gasteiger partial charge on any atom is 0.224 e. The first kappa shape index (κ1) is 17.5. The summed E-state index contributed by atoms with van der Waals surface area (Å²) in [6.45, 7) is 3.72. The van der Waals surface area contributed by atoms with E-state index in [4.69, 9.17) is 5.26 Å². The van der Waals surface area contributed by atoms with E-state index >= 15 is 0 Å². The molecule has 0 spiro atoms. The van der Waals surface area contributed by atoms with Crippen LogP contribution < -0.4 is 10.2 Å². The van der Waals surface area contributed by atoms with Crippen molar-refractivity contribution < 1.29 is 9.18 Å². The van der Waals surface area contributed by atoms with Crippen molar-refractivity contribution in [1.29, 1.82) is 5.26 Å². The lowest BCUT2D eigenvalue weighted by Crippen LogP contribution is -2.51. The van der Waals surface area contributed by atoms with Crippen LogP contribution in [0.5, 0.6) is 0 Å². The number of halogens is 1. The summed E-state index contributed by atoms with van der Waals surface area (Å²) >= 11 is 0. The second kappa shape index (κ2) is 6.70. The molecule has 0 saturated heterocycles. The number of nitrogens with zero attached hydrogens (tertiary/aromatic N) is 2. The monoisotopic (exact) mass is 363 g/mol. The van der Waals surface area contributed by atoms with Crippen LogP contribution in [0, 0.1) is 29.0 Å². The molecule has 4 nitrogen and oxygen atoms in total. The van der Waals surface area contributed by atoms with E-state index in [1.807, 2.05) is 17.0 Å². The SMILES string of the molecule is CC(=O)N1c2ccc(F)cc2[C@H](Nc2ccc(C#N)cc2)[C@@H](C)[C@H]1C1CC1. The molecule has 138 valence electrons. The minimum Gasteiger partial charge on any atom is -0.378 e. The van der Waals surface area contributed by atoms with E-state index in [-0.39, 0.29) is 29.7 Å². The largest absolute Gasteiger partial charge is 0.378 e. The minimum absolute atomic E-state index is 0.00318. The Morgan fingerprint density at radius 3 is 2.52 bits per heavy atom. The number of benzene rings is 2. The maximum atomic E-state index is 14.1. The van der Waals surface area contributed by atoms with Crippen molar-refractivity contribution in [1.82, 2.24) is 0 Å². The summed E-state index contributed by atoms with van der Waals surface area (Å²) in [5.74, 6) is 0.322. The van der Waals surface area contributed by atoms with E-state index in [2.05, 4.69) is 18.3 Å². The van der Waals surface area contributed by atoms with Crippen LogP contribution in [0.2, 0.25) is 0 Å². The van der Waals surface area contributed by atoms with Crippen molar-refractivity contribution in [2.75, 3.05) is 10.2 Å². The Balaban J connectivity index is 1.77. The summed E-state index contributed by atoms with van der Waals surface area (Å²) in [5, 5.41) is 12.5. The molecule has 4 rings (SSSR count). The molecule has 0 aromatic heterocycles. The number of anilines is 2. The minimum atomic E-state index is -0.305. The molecule has 1 fully saturated rings. The van der Waals surface area contributed by atoms with Gasteiger partial charge in [0, 0.05) is 35.8 Å². The summed E-state index contributed by atoms with van der Waals surface area (Å²) in [5.41, 5.74) is 3.08. The third kappa shape index (κ3) is 3.16. The molecular weight excluding hydrogens is 341 g/mol. The molecule has 1 amide bonds. The lowest BCUT2D eigenvalue weighted by atomic mass is 9.79. The Hall–Kier alpha value is -2.87. The van der Waals surface area contributed by atoms with Gasteiger partial charge in [-0.1, -0.05) is 6.92 Å². The third-order valence-electron chi connectivity index (χ3n) is 5.73. The van der Waals surface area contributed by atoms with E-state index in [1.165, 1.54) is 12.1 Å². The van der Waals surface area contributed by atoms with Crippen LogP contribution in [0.15, 0.2) is 42.5 Å². The van der Waals surface area contributed by atoms with Gasteiger partial charge in [-0.25, -0.2) is 4.39 Å². The molecule has 0 bridgehead atoms. The fraction of sp³-hybridized carbons (Fsp3) is 0.364. The fourth-order valence-electron chi connectivity index (χ4n) is 4.36. The molecule has 1 N–H and O–H groups in total. The predicted octanol–water partition coefficient (Wildman–Crippen LogP) is 4.63. The molecule has 0 unspecified atom stereocenters. The molecule has 1 aliphatic carbocycles. The van der Waals surface area contributed by atoms with Crippen LogP contribution in [0.25, 0.3) is 0 Å². The topological polar surface area (TPSA) is 56.1 Å². The van der Waals surface area contributed by atoms with Crippen molar-refractivity contribution >= 4 is 17.3 Å².